The maximum atomic E-state index is 4.46. The van der Waals surface area contributed by atoms with Crippen LogP contribution >= 0.6 is 0 Å². The molecule has 5 rings (SSSR count). The van der Waals surface area contributed by atoms with Crippen LogP contribution in [0.25, 0.3) is 0 Å². The summed E-state index contributed by atoms with van der Waals surface area (Å²) < 4.78 is 2.02. The van der Waals surface area contributed by atoms with Gasteiger partial charge in [-0.2, -0.15) is 5.10 Å². The Balaban J connectivity index is 1.45. The second-order valence-corrected chi connectivity index (χ2v) is 8.28. The third-order valence-corrected chi connectivity index (χ3v) is 6.69. The van der Waals surface area contributed by atoms with Crippen LogP contribution in [-0.2, 0) is 13.6 Å². The molecule has 0 aliphatic heterocycles. The van der Waals surface area contributed by atoms with Crippen LogP contribution in [0, 0.1) is 30.1 Å². The standard InChI is InChI=1S/C18H29N3/c1-12-4-17(21(3)20-12)11-19-13(2)18-8-14-5-15(9-18)7-16(6-14)10-18/h4,13-16,19H,5-11H2,1-3H3. The molecule has 4 aliphatic carbocycles. The zero-order chi connectivity index (χ0) is 14.6. The Labute approximate surface area is 128 Å². The van der Waals surface area contributed by atoms with Gasteiger partial charge in [0, 0.05) is 19.6 Å². The van der Waals surface area contributed by atoms with Crippen molar-refractivity contribution in [2.75, 3.05) is 0 Å². The molecule has 116 valence electrons. The molecule has 21 heavy (non-hydrogen) atoms. The zero-order valence-corrected chi connectivity index (χ0v) is 13.7. The Morgan fingerprint density at radius 1 is 1.24 bits per heavy atom. The van der Waals surface area contributed by atoms with Crippen LogP contribution in [-0.4, -0.2) is 15.8 Å². The first-order chi connectivity index (χ1) is 10.0. The minimum atomic E-state index is 0.600. The molecule has 4 saturated carbocycles. The molecule has 1 aromatic heterocycles. The van der Waals surface area contributed by atoms with E-state index in [0.29, 0.717) is 11.5 Å². The maximum absolute atomic E-state index is 4.46. The van der Waals surface area contributed by atoms with Gasteiger partial charge in [-0.15, -0.1) is 0 Å². The van der Waals surface area contributed by atoms with E-state index in [1.807, 2.05) is 4.68 Å². The van der Waals surface area contributed by atoms with E-state index in [-0.39, 0.29) is 0 Å². The summed E-state index contributed by atoms with van der Waals surface area (Å²) in [5.74, 6) is 3.12. The summed E-state index contributed by atoms with van der Waals surface area (Å²) in [4.78, 5) is 0. The molecule has 1 heterocycles. The minimum absolute atomic E-state index is 0.600. The van der Waals surface area contributed by atoms with Gasteiger partial charge in [-0.3, -0.25) is 4.68 Å². The highest BCUT2D eigenvalue weighted by atomic mass is 15.3. The third-order valence-electron chi connectivity index (χ3n) is 6.69. The Kier molecular flexibility index (Phi) is 3.18. The average Bonchev–Trinajstić information content (AvgIpc) is 2.72. The predicted molar refractivity (Wildman–Crippen MR) is 84.9 cm³/mol. The molecule has 4 bridgehead atoms. The number of aryl methyl sites for hydroxylation is 2. The van der Waals surface area contributed by atoms with E-state index in [4.69, 9.17) is 0 Å². The molecule has 0 amide bonds. The second kappa shape index (κ2) is 4.84. The van der Waals surface area contributed by atoms with E-state index in [1.54, 1.807) is 0 Å². The monoisotopic (exact) mass is 287 g/mol. The first-order valence-electron chi connectivity index (χ1n) is 8.77. The number of hydrogen-bond donors (Lipinski definition) is 1. The lowest BCUT2D eigenvalue weighted by atomic mass is 9.48. The highest BCUT2D eigenvalue weighted by molar-refractivity contribution is 5.10. The van der Waals surface area contributed by atoms with Crippen molar-refractivity contribution in [2.24, 2.45) is 30.2 Å². The van der Waals surface area contributed by atoms with Gasteiger partial charge in [0.2, 0.25) is 0 Å². The fraction of sp³-hybridized carbons (Fsp3) is 0.833. The number of nitrogens with one attached hydrogen (secondary N) is 1. The molecule has 4 aliphatic rings. The smallest absolute Gasteiger partial charge is 0.0597 e. The lowest BCUT2D eigenvalue weighted by Gasteiger charge is -2.59. The summed E-state index contributed by atoms with van der Waals surface area (Å²) in [6.07, 6.45) is 9.05. The van der Waals surface area contributed by atoms with Gasteiger partial charge in [-0.25, -0.2) is 0 Å². The predicted octanol–water partition coefficient (Wildman–Crippen LogP) is 3.42. The van der Waals surface area contributed by atoms with Crippen molar-refractivity contribution in [2.45, 2.75) is 65.0 Å². The van der Waals surface area contributed by atoms with Gasteiger partial charge in [0.15, 0.2) is 0 Å². The normalized spacial score (nSPS) is 38.9. The lowest BCUT2D eigenvalue weighted by molar-refractivity contribution is -0.0707. The topological polar surface area (TPSA) is 29.9 Å². The summed E-state index contributed by atoms with van der Waals surface area (Å²) in [6.45, 7) is 5.47. The number of rotatable bonds is 4. The van der Waals surface area contributed by atoms with E-state index in [1.165, 1.54) is 44.2 Å². The Hall–Kier alpha value is -0.830. The summed E-state index contributed by atoms with van der Waals surface area (Å²) >= 11 is 0. The molecule has 0 spiro atoms. The fourth-order valence-corrected chi connectivity index (χ4v) is 6.01. The molecule has 1 atom stereocenters. The Morgan fingerprint density at radius 2 is 1.81 bits per heavy atom. The fourth-order valence-electron chi connectivity index (χ4n) is 6.01. The van der Waals surface area contributed by atoms with Crippen molar-refractivity contribution in [3.63, 3.8) is 0 Å². The maximum Gasteiger partial charge on any atom is 0.0597 e. The molecule has 1 N–H and O–H groups in total. The van der Waals surface area contributed by atoms with Crippen LogP contribution in [0.15, 0.2) is 6.07 Å². The van der Waals surface area contributed by atoms with Crippen LogP contribution in [0.1, 0.15) is 56.8 Å². The Morgan fingerprint density at radius 3 is 2.29 bits per heavy atom. The number of aromatic nitrogens is 2. The SMILES string of the molecule is Cc1cc(CNC(C)C23CC4CC(CC(C4)C2)C3)n(C)n1. The molecule has 1 aromatic rings. The van der Waals surface area contributed by atoms with Crippen molar-refractivity contribution in [1.82, 2.24) is 15.1 Å². The average molecular weight is 287 g/mol. The summed E-state index contributed by atoms with van der Waals surface area (Å²) in [7, 11) is 2.05. The van der Waals surface area contributed by atoms with Gasteiger partial charge in [-0.05, 0) is 81.6 Å². The molecular formula is C18H29N3. The van der Waals surface area contributed by atoms with Crippen LogP contribution in [0.4, 0.5) is 0 Å². The van der Waals surface area contributed by atoms with Gasteiger partial charge < -0.3 is 5.32 Å². The van der Waals surface area contributed by atoms with Crippen molar-refractivity contribution in [1.29, 1.82) is 0 Å². The molecule has 3 heteroatoms. The minimum Gasteiger partial charge on any atom is -0.308 e. The van der Waals surface area contributed by atoms with Crippen LogP contribution in [0.3, 0.4) is 0 Å². The van der Waals surface area contributed by atoms with E-state index >= 15 is 0 Å². The molecular weight excluding hydrogens is 258 g/mol. The molecule has 3 nitrogen and oxygen atoms in total. The molecule has 0 aromatic carbocycles. The van der Waals surface area contributed by atoms with E-state index < -0.39 is 0 Å². The first kappa shape index (κ1) is 13.8. The van der Waals surface area contributed by atoms with Crippen LogP contribution in [0.5, 0.6) is 0 Å². The molecule has 1 unspecified atom stereocenters. The largest absolute Gasteiger partial charge is 0.308 e. The zero-order valence-electron chi connectivity index (χ0n) is 13.7. The van der Waals surface area contributed by atoms with Gasteiger partial charge in [0.1, 0.15) is 0 Å². The molecule has 0 saturated heterocycles. The van der Waals surface area contributed by atoms with Gasteiger partial charge >= 0.3 is 0 Å². The van der Waals surface area contributed by atoms with Gasteiger partial charge in [-0.1, -0.05) is 0 Å². The summed E-state index contributed by atoms with van der Waals surface area (Å²) in [5, 5.41) is 8.31. The highest BCUT2D eigenvalue weighted by Gasteiger charge is 2.52. The molecule has 4 fully saturated rings. The van der Waals surface area contributed by atoms with E-state index in [2.05, 4.69) is 37.4 Å². The summed E-state index contributed by atoms with van der Waals surface area (Å²) in [5.41, 5.74) is 3.03. The van der Waals surface area contributed by atoms with Crippen LogP contribution in [0.2, 0.25) is 0 Å². The third kappa shape index (κ3) is 2.34. The highest BCUT2D eigenvalue weighted by Crippen LogP contribution is 2.61. The van der Waals surface area contributed by atoms with Crippen molar-refractivity contribution in [3.8, 4) is 0 Å². The first-order valence-corrected chi connectivity index (χ1v) is 8.77. The summed E-state index contributed by atoms with van der Waals surface area (Å²) in [6, 6.07) is 2.85. The second-order valence-electron chi connectivity index (χ2n) is 8.28. The number of hydrogen-bond acceptors (Lipinski definition) is 2. The van der Waals surface area contributed by atoms with Crippen molar-refractivity contribution >= 4 is 0 Å². The van der Waals surface area contributed by atoms with E-state index in [0.717, 1.165) is 30.0 Å². The lowest BCUT2D eigenvalue weighted by Crippen LogP contribution is -2.54. The van der Waals surface area contributed by atoms with Crippen molar-refractivity contribution < 1.29 is 0 Å². The van der Waals surface area contributed by atoms with Gasteiger partial charge in [0.25, 0.3) is 0 Å². The molecule has 0 radical (unpaired) electrons. The van der Waals surface area contributed by atoms with E-state index in [9.17, 15) is 0 Å². The Bertz CT molecular complexity index is 495. The quantitative estimate of drug-likeness (QED) is 0.919. The van der Waals surface area contributed by atoms with Crippen molar-refractivity contribution in [3.05, 3.63) is 17.5 Å². The van der Waals surface area contributed by atoms with Gasteiger partial charge in [0.05, 0.1) is 11.4 Å². The van der Waals surface area contributed by atoms with Crippen LogP contribution < -0.4 is 5.32 Å². The number of nitrogens with zero attached hydrogens (tertiary/aromatic N) is 2.